The van der Waals surface area contributed by atoms with Gasteiger partial charge < -0.3 is 5.32 Å². The molecule has 1 N–H and O–H groups in total. The minimum atomic E-state index is 0.384. The van der Waals surface area contributed by atoms with Crippen LogP contribution in [0.2, 0.25) is 0 Å². The zero-order valence-corrected chi connectivity index (χ0v) is 6.73. The molecule has 6 aliphatic carbocycles. The van der Waals surface area contributed by atoms with Gasteiger partial charge in [-0.3, -0.25) is 4.79 Å². The maximum Gasteiger partial charge on any atom is 0.207 e. The number of nitrogens with one attached hydrogen (secondary N) is 1. The average Bonchev–Trinajstić information content (AvgIpc) is 2.33. The number of hydrogen-bond acceptors (Lipinski definition) is 1. The molecule has 6 saturated carbocycles. The van der Waals surface area contributed by atoms with Gasteiger partial charge in [0.15, 0.2) is 0 Å². The van der Waals surface area contributed by atoms with Gasteiger partial charge in [0.05, 0.1) is 0 Å². The molecule has 0 aromatic heterocycles. The molecular formula is C10H11NO. The molecule has 2 heteroatoms. The molecule has 6 fully saturated rings. The van der Waals surface area contributed by atoms with Crippen LogP contribution >= 0.6 is 0 Å². The Kier molecular flexibility index (Phi) is 0.473. The fourth-order valence-electron chi connectivity index (χ4n) is 6.28. The monoisotopic (exact) mass is 161 g/mol. The number of amides is 1. The summed E-state index contributed by atoms with van der Waals surface area (Å²) < 4.78 is 0. The van der Waals surface area contributed by atoms with Crippen LogP contribution in [0.3, 0.4) is 0 Å². The summed E-state index contributed by atoms with van der Waals surface area (Å²) >= 11 is 0. The molecule has 0 aliphatic heterocycles. The Morgan fingerprint density at radius 2 is 1.92 bits per heavy atom. The third-order valence-corrected chi connectivity index (χ3v) is 6.08. The molecule has 0 radical (unpaired) electrons. The maximum atomic E-state index is 10.5. The van der Waals surface area contributed by atoms with Gasteiger partial charge in [0, 0.05) is 5.54 Å². The molecule has 0 aromatic carbocycles. The van der Waals surface area contributed by atoms with Crippen molar-refractivity contribution < 1.29 is 4.79 Å². The first-order valence-corrected chi connectivity index (χ1v) is 5.12. The molecule has 0 aromatic rings. The van der Waals surface area contributed by atoms with Crippen LogP contribution in [0.25, 0.3) is 0 Å². The standard InChI is InChI=1S/C10H11NO/c12-2-11-10-7-4-1-3-5(7)9(10)6(3)8(4)10/h2-9H,1H2,(H,11,12). The summed E-state index contributed by atoms with van der Waals surface area (Å²) in [6.07, 6.45) is 2.46. The van der Waals surface area contributed by atoms with Crippen LogP contribution < -0.4 is 5.32 Å². The van der Waals surface area contributed by atoms with E-state index in [1.165, 1.54) is 6.42 Å². The summed E-state index contributed by atoms with van der Waals surface area (Å²) in [5.41, 5.74) is 0.384. The molecule has 0 spiro atoms. The highest BCUT2D eigenvalue weighted by molar-refractivity contribution is 5.58. The SMILES string of the molecule is O=CNC12C3C4CC5C3C1C5C42. The predicted octanol–water partition coefficient (Wildman–Crippen LogP) is 0.243. The second kappa shape index (κ2) is 1.08. The van der Waals surface area contributed by atoms with Crippen molar-refractivity contribution in [2.24, 2.45) is 41.4 Å². The summed E-state index contributed by atoms with van der Waals surface area (Å²) in [6, 6.07) is 0. The molecule has 4 atom stereocenters. The number of carbonyl (C=O) groups is 1. The molecule has 62 valence electrons. The first kappa shape index (κ1) is 5.25. The Labute approximate surface area is 70.7 Å². The molecule has 6 aliphatic rings. The normalized spacial score (nSPS) is 82.5. The maximum absolute atomic E-state index is 10.5. The number of hydrogen-bond donors (Lipinski definition) is 1. The van der Waals surface area contributed by atoms with Gasteiger partial charge in [0.25, 0.3) is 0 Å². The van der Waals surface area contributed by atoms with E-state index in [0.717, 1.165) is 47.8 Å². The highest BCUT2D eigenvalue weighted by Crippen LogP contribution is 2.95. The summed E-state index contributed by atoms with van der Waals surface area (Å²) in [7, 11) is 0. The van der Waals surface area contributed by atoms with Crippen LogP contribution in [0, 0.1) is 41.4 Å². The van der Waals surface area contributed by atoms with Crippen molar-refractivity contribution in [1.29, 1.82) is 0 Å². The Hall–Kier alpha value is -0.530. The summed E-state index contributed by atoms with van der Waals surface area (Å²) in [5.74, 6) is 7.12. The quantitative estimate of drug-likeness (QED) is 0.578. The molecule has 2 nitrogen and oxygen atoms in total. The van der Waals surface area contributed by atoms with E-state index in [0.29, 0.717) is 5.54 Å². The molecule has 2 bridgehead atoms. The molecule has 12 heavy (non-hydrogen) atoms. The molecule has 1 amide bonds. The largest absolute Gasteiger partial charge is 0.352 e. The van der Waals surface area contributed by atoms with Crippen molar-refractivity contribution in [2.75, 3.05) is 0 Å². The highest BCUT2D eigenvalue weighted by atomic mass is 16.1. The molecule has 0 saturated heterocycles. The van der Waals surface area contributed by atoms with Crippen LogP contribution in [-0.2, 0) is 4.79 Å². The minimum absolute atomic E-state index is 0.384. The van der Waals surface area contributed by atoms with Crippen molar-refractivity contribution in [3.05, 3.63) is 0 Å². The third-order valence-electron chi connectivity index (χ3n) is 6.08. The van der Waals surface area contributed by atoms with E-state index in [2.05, 4.69) is 5.32 Å². The lowest BCUT2D eigenvalue weighted by Crippen LogP contribution is -2.96. The lowest BCUT2D eigenvalue weighted by molar-refractivity contribution is -0.401. The molecular weight excluding hydrogens is 150 g/mol. The summed E-state index contributed by atoms with van der Waals surface area (Å²) in [4.78, 5) is 10.5. The van der Waals surface area contributed by atoms with E-state index in [4.69, 9.17) is 0 Å². The second-order valence-electron chi connectivity index (χ2n) is 5.49. The van der Waals surface area contributed by atoms with Crippen LogP contribution in [0.4, 0.5) is 0 Å². The lowest BCUT2D eigenvalue weighted by atomic mass is 9.16. The predicted molar refractivity (Wildman–Crippen MR) is 41.0 cm³/mol. The highest BCUT2D eigenvalue weighted by Gasteiger charge is 2.97. The van der Waals surface area contributed by atoms with Gasteiger partial charge >= 0.3 is 0 Å². The van der Waals surface area contributed by atoms with Gasteiger partial charge in [-0.05, 0) is 47.8 Å². The van der Waals surface area contributed by atoms with E-state index < -0.39 is 0 Å². The second-order valence-corrected chi connectivity index (χ2v) is 5.49. The molecule has 6 rings (SSSR count). The smallest absolute Gasteiger partial charge is 0.207 e. The van der Waals surface area contributed by atoms with Crippen molar-refractivity contribution in [2.45, 2.75) is 12.0 Å². The Balaban J connectivity index is 1.69. The van der Waals surface area contributed by atoms with Gasteiger partial charge in [-0.1, -0.05) is 0 Å². The van der Waals surface area contributed by atoms with Crippen LogP contribution in [-0.4, -0.2) is 11.9 Å². The molecule has 4 unspecified atom stereocenters. The Morgan fingerprint density at radius 1 is 1.17 bits per heavy atom. The molecule has 0 heterocycles. The van der Waals surface area contributed by atoms with Gasteiger partial charge in [-0.2, -0.15) is 0 Å². The zero-order valence-electron chi connectivity index (χ0n) is 6.73. The summed E-state index contributed by atoms with van der Waals surface area (Å²) in [5, 5.41) is 3.13. The van der Waals surface area contributed by atoms with Crippen LogP contribution in [0.1, 0.15) is 6.42 Å². The first-order chi connectivity index (χ1) is 5.91. The average molecular weight is 161 g/mol. The van der Waals surface area contributed by atoms with Crippen LogP contribution in [0.5, 0.6) is 0 Å². The van der Waals surface area contributed by atoms with E-state index in [1.807, 2.05) is 0 Å². The van der Waals surface area contributed by atoms with Crippen molar-refractivity contribution in [1.82, 2.24) is 5.32 Å². The van der Waals surface area contributed by atoms with E-state index in [-0.39, 0.29) is 0 Å². The van der Waals surface area contributed by atoms with Gasteiger partial charge in [0.2, 0.25) is 6.41 Å². The van der Waals surface area contributed by atoms with Crippen LogP contribution in [0.15, 0.2) is 0 Å². The van der Waals surface area contributed by atoms with E-state index in [9.17, 15) is 4.79 Å². The zero-order chi connectivity index (χ0) is 7.66. The fraction of sp³-hybridized carbons (Fsp3) is 0.900. The lowest BCUT2D eigenvalue weighted by Gasteiger charge is -2.90. The van der Waals surface area contributed by atoms with E-state index >= 15 is 0 Å². The van der Waals surface area contributed by atoms with E-state index in [1.54, 1.807) is 0 Å². The topological polar surface area (TPSA) is 29.1 Å². The van der Waals surface area contributed by atoms with Crippen molar-refractivity contribution in [3.8, 4) is 0 Å². The number of carbonyl (C=O) groups excluding carboxylic acids is 1. The minimum Gasteiger partial charge on any atom is -0.352 e. The fourth-order valence-corrected chi connectivity index (χ4v) is 6.28. The van der Waals surface area contributed by atoms with Gasteiger partial charge in [-0.25, -0.2) is 0 Å². The van der Waals surface area contributed by atoms with Crippen molar-refractivity contribution in [3.63, 3.8) is 0 Å². The Bertz CT molecular complexity index is 302. The van der Waals surface area contributed by atoms with Gasteiger partial charge in [0.1, 0.15) is 0 Å². The Morgan fingerprint density at radius 3 is 2.50 bits per heavy atom. The number of rotatable bonds is 2. The van der Waals surface area contributed by atoms with Gasteiger partial charge in [-0.15, -0.1) is 0 Å². The summed E-state index contributed by atoms with van der Waals surface area (Å²) in [6.45, 7) is 0. The van der Waals surface area contributed by atoms with Crippen molar-refractivity contribution >= 4 is 6.41 Å². The third kappa shape index (κ3) is 0.206. The first-order valence-electron chi connectivity index (χ1n) is 5.12.